The predicted octanol–water partition coefficient (Wildman–Crippen LogP) is 2.17. The number of aromatic nitrogens is 2. The molecule has 1 aromatic carbocycles. The summed E-state index contributed by atoms with van der Waals surface area (Å²) in [6.45, 7) is 1.77. The van der Waals surface area contributed by atoms with E-state index in [9.17, 15) is 19.5 Å². The zero-order chi connectivity index (χ0) is 19.3. The van der Waals surface area contributed by atoms with Gasteiger partial charge in [-0.25, -0.2) is 4.68 Å². The first kappa shape index (κ1) is 17.6. The molecule has 4 unspecified atom stereocenters. The van der Waals surface area contributed by atoms with Crippen molar-refractivity contribution in [3.05, 3.63) is 46.4 Å². The van der Waals surface area contributed by atoms with Crippen molar-refractivity contribution < 1.29 is 14.7 Å². The molecule has 1 aromatic heterocycles. The van der Waals surface area contributed by atoms with Crippen molar-refractivity contribution >= 4 is 17.6 Å². The Balaban J connectivity index is 1.67. The molecule has 2 saturated carbocycles. The van der Waals surface area contributed by atoms with Gasteiger partial charge in [0.15, 0.2) is 0 Å². The van der Waals surface area contributed by atoms with Crippen LogP contribution in [0.4, 0.5) is 5.69 Å². The van der Waals surface area contributed by atoms with Crippen LogP contribution in [0.2, 0.25) is 0 Å². The molecule has 1 heterocycles. The largest absolute Gasteiger partial charge is 0.481 e. The Morgan fingerprint density at radius 2 is 1.74 bits per heavy atom. The highest BCUT2D eigenvalue weighted by atomic mass is 16.4. The van der Waals surface area contributed by atoms with Crippen LogP contribution in [0.25, 0.3) is 5.69 Å². The highest BCUT2D eigenvalue weighted by molar-refractivity contribution is 5.96. The summed E-state index contributed by atoms with van der Waals surface area (Å²) in [5.41, 5.74) is 1.24. The van der Waals surface area contributed by atoms with Crippen LogP contribution < -0.4 is 10.9 Å². The van der Waals surface area contributed by atoms with E-state index in [1.807, 2.05) is 30.3 Å². The number of amides is 1. The van der Waals surface area contributed by atoms with E-state index in [0.29, 0.717) is 11.4 Å². The van der Waals surface area contributed by atoms with Gasteiger partial charge in [0.05, 0.1) is 23.2 Å². The summed E-state index contributed by atoms with van der Waals surface area (Å²) in [6, 6.07) is 9.20. The van der Waals surface area contributed by atoms with Gasteiger partial charge < -0.3 is 10.4 Å². The van der Waals surface area contributed by atoms with Crippen LogP contribution in [-0.2, 0) is 16.6 Å². The van der Waals surface area contributed by atoms with E-state index >= 15 is 0 Å². The number of rotatable bonds is 4. The molecule has 4 rings (SSSR count). The van der Waals surface area contributed by atoms with Gasteiger partial charge in [0.1, 0.15) is 5.69 Å². The van der Waals surface area contributed by atoms with Crippen molar-refractivity contribution in [3.8, 4) is 5.69 Å². The van der Waals surface area contributed by atoms with Crippen LogP contribution in [0.1, 0.15) is 25.0 Å². The van der Waals surface area contributed by atoms with E-state index in [4.69, 9.17) is 0 Å². The summed E-state index contributed by atoms with van der Waals surface area (Å²) in [5, 5.41) is 12.3. The Kier molecular flexibility index (Phi) is 4.17. The summed E-state index contributed by atoms with van der Waals surface area (Å²) < 4.78 is 3.20. The summed E-state index contributed by atoms with van der Waals surface area (Å²) in [6.07, 6.45) is 2.54. The lowest BCUT2D eigenvalue weighted by atomic mass is 9.78. The van der Waals surface area contributed by atoms with Crippen molar-refractivity contribution in [2.24, 2.45) is 30.7 Å². The highest BCUT2D eigenvalue weighted by Gasteiger charge is 2.54. The number of anilines is 1. The maximum absolute atomic E-state index is 12.9. The molecule has 2 N–H and O–H groups in total. The third kappa shape index (κ3) is 2.69. The van der Waals surface area contributed by atoms with Gasteiger partial charge in [-0.15, -0.1) is 0 Å². The van der Waals surface area contributed by atoms with E-state index in [2.05, 4.69) is 5.32 Å². The zero-order valence-corrected chi connectivity index (χ0v) is 15.4. The molecule has 0 aliphatic heterocycles. The zero-order valence-electron chi connectivity index (χ0n) is 15.4. The van der Waals surface area contributed by atoms with Gasteiger partial charge in [-0.3, -0.25) is 19.1 Å². The van der Waals surface area contributed by atoms with Crippen LogP contribution in [0, 0.1) is 30.6 Å². The Hall–Kier alpha value is -2.83. The fourth-order valence-corrected chi connectivity index (χ4v) is 4.94. The first-order valence-corrected chi connectivity index (χ1v) is 9.28. The van der Waals surface area contributed by atoms with Crippen LogP contribution in [-0.4, -0.2) is 26.3 Å². The number of carbonyl (C=O) groups is 2. The number of benzene rings is 1. The molecule has 2 bridgehead atoms. The number of fused-ring (bicyclic) bond motifs is 2. The average molecular weight is 369 g/mol. The lowest BCUT2D eigenvalue weighted by Crippen LogP contribution is -2.38. The third-order valence-electron chi connectivity index (χ3n) is 6.31. The van der Waals surface area contributed by atoms with Gasteiger partial charge in [-0.2, -0.15) is 0 Å². The number of para-hydroxylation sites is 1. The molecule has 2 aliphatic rings. The van der Waals surface area contributed by atoms with Crippen LogP contribution in [0.15, 0.2) is 35.1 Å². The van der Waals surface area contributed by atoms with E-state index in [1.54, 1.807) is 18.7 Å². The smallest absolute Gasteiger partial charge is 0.307 e. The van der Waals surface area contributed by atoms with E-state index in [1.165, 1.54) is 4.68 Å². The maximum atomic E-state index is 12.9. The maximum Gasteiger partial charge on any atom is 0.307 e. The van der Waals surface area contributed by atoms with Gasteiger partial charge in [0.25, 0.3) is 5.56 Å². The lowest BCUT2D eigenvalue weighted by molar-refractivity contribution is -0.148. The Bertz CT molecular complexity index is 960. The van der Waals surface area contributed by atoms with Gasteiger partial charge in [-0.05, 0) is 50.2 Å². The van der Waals surface area contributed by atoms with Crippen molar-refractivity contribution in [2.45, 2.75) is 26.2 Å². The standard InChI is InChI=1S/C20H23N3O4/c1-11-17(19(25)23(22(11)2)14-6-4-3-5-7-14)21-18(24)15-12-8-9-13(10-12)16(15)20(26)27/h3-7,12-13,15-16H,8-10H2,1-2H3,(H,21,24)(H,26,27). The molecule has 2 aliphatic carbocycles. The Morgan fingerprint density at radius 3 is 2.37 bits per heavy atom. The summed E-state index contributed by atoms with van der Waals surface area (Å²) in [5.74, 6) is -2.30. The second-order valence-corrected chi connectivity index (χ2v) is 7.65. The predicted molar refractivity (Wildman–Crippen MR) is 99.8 cm³/mol. The van der Waals surface area contributed by atoms with E-state index in [0.717, 1.165) is 19.3 Å². The summed E-state index contributed by atoms with van der Waals surface area (Å²) in [7, 11) is 1.76. The minimum Gasteiger partial charge on any atom is -0.481 e. The molecule has 2 aromatic rings. The van der Waals surface area contributed by atoms with Gasteiger partial charge >= 0.3 is 5.97 Å². The molecule has 27 heavy (non-hydrogen) atoms. The second kappa shape index (κ2) is 6.40. The van der Waals surface area contributed by atoms with Gasteiger partial charge in [0, 0.05) is 7.05 Å². The molecular weight excluding hydrogens is 346 g/mol. The number of hydrogen-bond acceptors (Lipinski definition) is 3. The van der Waals surface area contributed by atoms with Crippen molar-refractivity contribution in [3.63, 3.8) is 0 Å². The molecule has 2 fully saturated rings. The lowest BCUT2D eigenvalue weighted by Gasteiger charge is -2.26. The fraction of sp³-hybridized carbons (Fsp3) is 0.450. The van der Waals surface area contributed by atoms with Crippen molar-refractivity contribution in [1.82, 2.24) is 9.36 Å². The first-order valence-electron chi connectivity index (χ1n) is 9.28. The minimum atomic E-state index is -0.908. The molecule has 0 spiro atoms. The number of carbonyl (C=O) groups excluding carboxylic acids is 1. The number of carboxylic acids is 1. The normalized spacial score (nSPS) is 26.3. The van der Waals surface area contributed by atoms with Crippen LogP contribution in [0.5, 0.6) is 0 Å². The van der Waals surface area contributed by atoms with Gasteiger partial charge in [-0.1, -0.05) is 18.2 Å². The Morgan fingerprint density at radius 1 is 1.11 bits per heavy atom. The highest BCUT2D eigenvalue weighted by Crippen LogP contribution is 2.52. The number of carboxylic acid groups (broad SMARTS) is 1. The topological polar surface area (TPSA) is 93.3 Å². The molecule has 0 saturated heterocycles. The van der Waals surface area contributed by atoms with Crippen LogP contribution in [0.3, 0.4) is 0 Å². The summed E-state index contributed by atoms with van der Waals surface area (Å²) in [4.78, 5) is 37.6. The van der Waals surface area contributed by atoms with E-state index in [-0.39, 0.29) is 29.0 Å². The van der Waals surface area contributed by atoms with Crippen molar-refractivity contribution in [2.75, 3.05) is 5.32 Å². The Labute approximate surface area is 156 Å². The first-order chi connectivity index (χ1) is 12.9. The number of nitrogens with zero attached hydrogens (tertiary/aromatic N) is 2. The summed E-state index contributed by atoms with van der Waals surface area (Å²) >= 11 is 0. The minimum absolute atomic E-state index is 0.0705. The molecule has 0 radical (unpaired) electrons. The molecular formula is C20H23N3O4. The number of aliphatic carboxylic acids is 1. The molecule has 7 nitrogen and oxygen atoms in total. The quantitative estimate of drug-likeness (QED) is 0.864. The van der Waals surface area contributed by atoms with E-state index < -0.39 is 17.8 Å². The molecule has 4 atom stereocenters. The monoisotopic (exact) mass is 369 g/mol. The second-order valence-electron chi connectivity index (χ2n) is 7.65. The molecule has 7 heteroatoms. The number of nitrogens with one attached hydrogen (secondary N) is 1. The SMILES string of the molecule is Cc1c(NC(=O)C2C3CCC(C3)C2C(=O)O)c(=O)n(-c2ccccc2)n1C. The number of hydrogen-bond donors (Lipinski definition) is 2. The van der Waals surface area contributed by atoms with Crippen LogP contribution >= 0.6 is 0 Å². The van der Waals surface area contributed by atoms with Crippen molar-refractivity contribution in [1.29, 1.82) is 0 Å². The fourth-order valence-electron chi connectivity index (χ4n) is 4.94. The average Bonchev–Trinajstić information content (AvgIpc) is 3.32. The molecule has 1 amide bonds. The van der Waals surface area contributed by atoms with Gasteiger partial charge in [0.2, 0.25) is 5.91 Å². The molecule has 142 valence electrons. The third-order valence-corrected chi connectivity index (χ3v) is 6.31.